The highest BCUT2D eigenvalue weighted by molar-refractivity contribution is 9.09. The van der Waals surface area contributed by atoms with Crippen LogP contribution in [-0.4, -0.2) is 28.4 Å². The summed E-state index contributed by atoms with van der Waals surface area (Å²) in [6, 6.07) is 0. The Bertz CT molecular complexity index is 317. The molecule has 1 atom stereocenters. The molecule has 0 aliphatic carbocycles. The molecule has 5 heteroatoms. The lowest BCUT2D eigenvalue weighted by atomic mass is 10.0. The third-order valence-corrected chi connectivity index (χ3v) is 3.54. The maximum absolute atomic E-state index is 12.6. The van der Waals surface area contributed by atoms with Gasteiger partial charge in [0.15, 0.2) is 5.82 Å². The minimum Gasteiger partial charge on any atom is -0.341 e. The number of hydrogen-bond donors (Lipinski definition) is 0. The van der Waals surface area contributed by atoms with Gasteiger partial charge in [-0.25, -0.2) is 14.4 Å². The molecule has 0 amide bonds. The molecule has 15 heavy (non-hydrogen) atoms. The second-order valence-corrected chi connectivity index (χ2v) is 4.46. The molecule has 82 valence electrons. The van der Waals surface area contributed by atoms with Gasteiger partial charge in [-0.1, -0.05) is 15.9 Å². The molecular formula is C10H13BrFN3. The highest BCUT2D eigenvalue weighted by Crippen LogP contribution is 2.21. The molecule has 1 aliphatic rings. The molecule has 1 aliphatic heterocycles. The van der Waals surface area contributed by atoms with E-state index in [1.807, 2.05) is 0 Å². The normalized spacial score (nSPS) is 21.7. The van der Waals surface area contributed by atoms with Crippen molar-refractivity contribution in [1.29, 1.82) is 0 Å². The summed E-state index contributed by atoms with van der Waals surface area (Å²) in [5, 5.41) is 1.00. The standard InChI is InChI=1S/C10H13BrFN3/c11-4-8-2-1-3-15(7-8)10-13-5-9(12)6-14-10/h5-6,8H,1-4,7H2/t8-/m1/s1. The Labute approximate surface area is 96.8 Å². The summed E-state index contributed by atoms with van der Waals surface area (Å²) in [4.78, 5) is 10.1. The molecule has 0 saturated carbocycles. The SMILES string of the molecule is Fc1cnc(N2CCC[C@H](CBr)C2)nc1. The van der Waals surface area contributed by atoms with Crippen molar-refractivity contribution in [3.63, 3.8) is 0 Å². The Morgan fingerprint density at radius 2 is 2.20 bits per heavy atom. The van der Waals surface area contributed by atoms with Crippen LogP contribution in [0.1, 0.15) is 12.8 Å². The Balaban J connectivity index is 2.06. The van der Waals surface area contributed by atoms with E-state index in [9.17, 15) is 4.39 Å². The van der Waals surface area contributed by atoms with E-state index in [0.717, 1.165) is 24.8 Å². The number of piperidine rings is 1. The van der Waals surface area contributed by atoms with Crippen molar-refractivity contribution in [2.75, 3.05) is 23.3 Å². The van der Waals surface area contributed by atoms with E-state index in [4.69, 9.17) is 0 Å². The number of anilines is 1. The van der Waals surface area contributed by atoms with E-state index in [1.165, 1.54) is 18.8 Å². The lowest BCUT2D eigenvalue weighted by Gasteiger charge is -2.31. The number of rotatable bonds is 2. The van der Waals surface area contributed by atoms with Gasteiger partial charge in [0.05, 0.1) is 12.4 Å². The fourth-order valence-corrected chi connectivity index (χ4v) is 2.37. The van der Waals surface area contributed by atoms with Crippen molar-refractivity contribution >= 4 is 21.9 Å². The van der Waals surface area contributed by atoms with Gasteiger partial charge in [-0.3, -0.25) is 0 Å². The molecule has 0 N–H and O–H groups in total. The van der Waals surface area contributed by atoms with Gasteiger partial charge >= 0.3 is 0 Å². The monoisotopic (exact) mass is 273 g/mol. The third kappa shape index (κ3) is 2.65. The first-order valence-corrected chi connectivity index (χ1v) is 6.20. The van der Waals surface area contributed by atoms with Gasteiger partial charge in [0.2, 0.25) is 5.95 Å². The summed E-state index contributed by atoms with van der Waals surface area (Å²) in [5.74, 6) is 0.905. The van der Waals surface area contributed by atoms with Crippen LogP contribution >= 0.6 is 15.9 Å². The second-order valence-electron chi connectivity index (χ2n) is 3.81. The van der Waals surface area contributed by atoms with Crippen LogP contribution in [0.3, 0.4) is 0 Å². The Morgan fingerprint density at radius 3 is 2.87 bits per heavy atom. The van der Waals surface area contributed by atoms with Crippen molar-refractivity contribution in [2.45, 2.75) is 12.8 Å². The zero-order valence-electron chi connectivity index (χ0n) is 8.37. The van der Waals surface area contributed by atoms with E-state index < -0.39 is 0 Å². The van der Waals surface area contributed by atoms with Gasteiger partial charge in [0.25, 0.3) is 0 Å². The summed E-state index contributed by atoms with van der Waals surface area (Å²) in [7, 11) is 0. The molecule has 0 aromatic carbocycles. The molecule has 1 aromatic rings. The Morgan fingerprint density at radius 1 is 1.47 bits per heavy atom. The van der Waals surface area contributed by atoms with Crippen molar-refractivity contribution in [3.8, 4) is 0 Å². The molecular weight excluding hydrogens is 261 g/mol. The molecule has 2 rings (SSSR count). The van der Waals surface area contributed by atoms with Crippen molar-refractivity contribution in [1.82, 2.24) is 9.97 Å². The van der Waals surface area contributed by atoms with Gasteiger partial charge in [0, 0.05) is 18.4 Å². The number of hydrogen-bond acceptors (Lipinski definition) is 3. The molecule has 0 radical (unpaired) electrons. The van der Waals surface area contributed by atoms with Crippen LogP contribution in [0.4, 0.5) is 10.3 Å². The third-order valence-electron chi connectivity index (χ3n) is 2.63. The lowest BCUT2D eigenvalue weighted by molar-refractivity contribution is 0.449. The molecule has 1 fully saturated rings. The zero-order chi connectivity index (χ0) is 10.7. The summed E-state index contributed by atoms with van der Waals surface area (Å²) >= 11 is 3.50. The first kappa shape index (κ1) is 10.8. The molecule has 1 aromatic heterocycles. The minimum absolute atomic E-state index is 0.382. The fraction of sp³-hybridized carbons (Fsp3) is 0.600. The highest BCUT2D eigenvalue weighted by Gasteiger charge is 2.20. The number of halogens is 2. The molecule has 2 heterocycles. The zero-order valence-corrected chi connectivity index (χ0v) is 9.95. The van der Waals surface area contributed by atoms with Crippen LogP contribution in [0.2, 0.25) is 0 Å². The fourth-order valence-electron chi connectivity index (χ4n) is 1.84. The predicted octanol–water partition coefficient (Wildman–Crippen LogP) is 2.23. The average Bonchev–Trinajstić information content (AvgIpc) is 2.30. The van der Waals surface area contributed by atoms with Crippen LogP contribution in [0.5, 0.6) is 0 Å². The van der Waals surface area contributed by atoms with Crippen LogP contribution in [0, 0.1) is 11.7 Å². The predicted molar refractivity (Wildman–Crippen MR) is 60.7 cm³/mol. The molecule has 1 saturated heterocycles. The first-order valence-electron chi connectivity index (χ1n) is 5.08. The maximum atomic E-state index is 12.6. The van der Waals surface area contributed by atoms with Crippen LogP contribution in [0.25, 0.3) is 0 Å². The number of nitrogens with zero attached hydrogens (tertiary/aromatic N) is 3. The number of aromatic nitrogens is 2. The molecule has 0 unspecified atom stereocenters. The van der Waals surface area contributed by atoms with Crippen LogP contribution in [-0.2, 0) is 0 Å². The van der Waals surface area contributed by atoms with E-state index >= 15 is 0 Å². The quantitative estimate of drug-likeness (QED) is 0.774. The van der Waals surface area contributed by atoms with Crippen molar-refractivity contribution in [3.05, 3.63) is 18.2 Å². The molecule has 3 nitrogen and oxygen atoms in total. The summed E-state index contributed by atoms with van der Waals surface area (Å²) < 4.78 is 12.6. The van der Waals surface area contributed by atoms with Gasteiger partial charge < -0.3 is 4.90 Å². The van der Waals surface area contributed by atoms with Gasteiger partial charge in [0.1, 0.15) is 0 Å². The average molecular weight is 274 g/mol. The number of alkyl halides is 1. The Hall–Kier alpha value is -0.710. The lowest BCUT2D eigenvalue weighted by Crippen LogP contribution is -2.37. The molecule has 0 spiro atoms. The van der Waals surface area contributed by atoms with Crippen molar-refractivity contribution in [2.24, 2.45) is 5.92 Å². The van der Waals surface area contributed by atoms with Gasteiger partial charge in [-0.15, -0.1) is 0 Å². The van der Waals surface area contributed by atoms with Gasteiger partial charge in [-0.05, 0) is 18.8 Å². The van der Waals surface area contributed by atoms with Crippen LogP contribution < -0.4 is 4.90 Å². The van der Waals surface area contributed by atoms with Crippen LogP contribution in [0.15, 0.2) is 12.4 Å². The van der Waals surface area contributed by atoms with Crippen molar-refractivity contribution < 1.29 is 4.39 Å². The topological polar surface area (TPSA) is 29.0 Å². The molecule has 0 bridgehead atoms. The summed E-state index contributed by atoms with van der Waals surface area (Å²) in [6.07, 6.45) is 4.83. The van der Waals surface area contributed by atoms with E-state index in [0.29, 0.717) is 11.9 Å². The van der Waals surface area contributed by atoms with Gasteiger partial charge in [-0.2, -0.15) is 0 Å². The van der Waals surface area contributed by atoms with E-state index in [-0.39, 0.29) is 5.82 Å². The summed E-state index contributed by atoms with van der Waals surface area (Å²) in [5.41, 5.74) is 0. The summed E-state index contributed by atoms with van der Waals surface area (Å²) in [6.45, 7) is 1.92. The largest absolute Gasteiger partial charge is 0.341 e. The van der Waals surface area contributed by atoms with E-state index in [2.05, 4.69) is 30.8 Å². The minimum atomic E-state index is -0.382. The maximum Gasteiger partial charge on any atom is 0.225 e. The van der Waals surface area contributed by atoms with E-state index in [1.54, 1.807) is 0 Å². The first-order chi connectivity index (χ1) is 7.29. The smallest absolute Gasteiger partial charge is 0.225 e. The second kappa shape index (κ2) is 4.88. The Kier molecular flexibility index (Phi) is 3.51. The highest BCUT2D eigenvalue weighted by atomic mass is 79.9.